The maximum atomic E-state index is 12.2. The highest BCUT2D eigenvalue weighted by molar-refractivity contribution is 5.98. The quantitative estimate of drug-likeness (QED) is 0.833. The van der Waals surface area contributed by atoms with Gasteiger partial charge in [0.2, 0.25) is 5.91 Å². The van der Waals surface area contributed by atoms with Crippen molar-refractivity contribution in [1.29, 1.82) is 5.26 Å². The number of nitrogens with one attached hydrogen (secondary N) is 2. The van der Waals surface area contributed by atoms with E-state index in [0.717, 1.165) is 5.56 Å². The van der Waals surface area contributed by atoms with Crippen LogP contribution in [0.4, 0.5) is 10.5 Å². The van der Waals surface area contributed by atoms with E-state index in [4.69, 9.17) is 10.00 Å². The third-order valence-electron chi connectivity index (χ3n) is 3.20. The van der Waals surface area contributed by atoms with Crippen molar-refractivity contribution in [2.24, 2.45) is 0 Å². The van der Waals surface area contributed by atoms with Crippen molar-refractivity contribution in [3.63, 3.8) is 0 Å². The first kappa shape index (κ1) is 15.8. The summed E-state index contributed by atoms with van der Waals surface area (Å²) in [6, 6.07) is 6.53. The van der Waals surface area contributed by atoms with Crippen LogP contribution in [0, 0.1) is 11.3 Å². The Labute approximate surface area is 129 Å². The molecule has 0 aliphatic carbocycles. The van der Waals surface area contributed by atoms with Gasteiger partial charge in [0.25, 0.3) is 0 Å². The molecule has 0 saturated carbocycles. The van der Waals surface area contributed by atoms with Crippen LogP contribution in [-0.4, -0.2) is 23.6 Å². The maximum Gasteiger partial charge on any atom is 0.408 e. The highest BCUT2D eigenvalue weighted by Gasteiger charge is 2.27. The lowest BCUT2D eigenvalue weighted by Gasteiger charge is -2.22. The Kier molecular flexibility index (Phi) is 4.36. The van der Waals surface area contributed by atoms with Gasteiger partial charge in [-0.15, -0.1) is 0 Å². The number of amides is 2. The van der Waals surface area contributed by atoms with Crippen LogP contribution in [-0.2, 0) is 16.0 Å². The molecule has 0 saturated heterocycles. The first-order valence-corrected chi connectivity index (χ1v) is 7.12. The fourth-order valence-electron chi connectivity index (χ4n) is 2.23. The highest BCUT2D eigenvalue weighted by Crippen LogP contribution is 2.23. The Morgan fingerprint density at radius 1 is 1.45 bits per heavy atom. The number of anilines is 1. The average Bonchev–Trinajstić information content (AvgIpc) is 2.56. The van der Waals surface area contributed by atoms with E-state index in [-0.39, 0.29) is 5.91 Å². The zero-order valence-electron chi connectivity index (χ0n) is 12.9. The summed E-state index contributed by atoms with van der Waals surface area (Å²) >= 11 is 0. The predicted molar refractivity (Wildman–Crippen MR) is 81.3 cm³/mol. The van der Waals surface area contributed by atoms with Gasteiger partial charge in [-0.3, -0.25) is 4.79 Å². The van der Waals surface area contributed by atoms with E-state index in [1.807, 2.05) is 0 Å². The molecule has 0 spiro atoms. The molecule has 1 atom stereocenters. The second-order valence-corrected chi connectivity index (χ2v) is 6.21. The van der Waals surface area contributed by atoms with Crippen LogP contribution >= 0.6 is 0 Å². The number of hydrogen-bond donors (Lipinski definition) is 2. The largest absolute Gasteiger partial charge is 0.444 e. The van der Waals surface area contributed by atoms with Crippen molar-refractivity contribution in [3.8, 4) is 6.07 Å². The molecule has 116 valence electrons. The van der Waals surface area contributed by atoms with Crippen LogP contribution < -0.4 is 10.6 Å². The van der Waals surface area contributed by atoms with E-state index in [9.17, 15) is 9.59 Å². The fourth-order valence-corrected chi connectivity index (χ4v) is 2.23. The Morgan fingerprint density at radius 2 is 2.18 bits per heavy atom. The standard InChI is InChI=1S/C16H19N3O3/c1-16(2,3)22-15(21)19-13-7-5-11-8-10(9-17)4-6-12(11)18-14(13)20/h4,6,8,13H,5,7H2,1-3H3,(H,18,20)(H,19,21). The number of fused-ring (bicyclic) bond motifs is 1. The zero-order valence-corrected chi connectivity index (χ0v) is 12.9. The Hall–Kier alpha value is -2.55. The molecular weight excluding hydrogens is 282 g/mol. The number of benzene rings is 1. The lowest BCUT2D eigenvalue weighted by atomic mass is 10.0. The van der Waals surface area contributed by atoms with Crippen LogP contribution in [0.25, 0.3) is 0 Å². The maximum absolute atomic E-state index is 12.2. The van der Waals surface area contributed by atoms with Gasteiger partial charge in [-0.2, -0.15) is 5.26 Å². The summed E-state index contributed by atoms with van der Waals surface area (Å²) in [5.74, 6) is -0.283. The molecule has 1 aromatic carbocycles. The van der Waals surface area contributed by atoms with E-state index in [1.54, 1.807) is 39.0 Å². The molecule has 1 heterocycles. The molecular formula is C16H19N3O3. The summed E-state index contributed by atoms with van der Waals surface area (Å²) in [6.07, 6.45) is 0.424. The summed E-state index contributed by atoms with van der Waals surface area (Å²) in [4.78, 5) is 24.0. The van der Waals surface area contributed by atoms with E-state index in [2.05, 4.69) is 16.7 Å². The molecule has 6 nitrogen and oxygen atoms in total. The number of nitrogens with zero attached hydrogens (tertiary/aromatic N) is 1. The van der Waals surface area contributed by atoms with Crippen LogP contribution in [0.15, 0.2) is 18.2 Å². The predicted octanol–water partition coefficient (Wildman–Crippen LogP) is 2.34. The normalized spacial score (nSPS) is 17.5. The Bertz CT molecular complexity index is 641. The Balaban J connectivity index is 2.08. The van der Waals surface area contributed by atoms with Gasteiger partial charge in [0, 0.05) is 5.69 Å². The van der Waals surface area contributed by atoms with E-state index >= 15 is 0 Å². The molecule has 0 fully saturated rings. The first-order chi connectivity index (χ1) is 10.3. The highest BCUT2D eigenvalue weighted by atomic mass is 16.6. The van der Waals surface area contributed by atoms with E-state index in [1.165, 1.54) is 0 Å². The summed E-state index contributed by atoms with van der Waals surface area (Å²) < 4.78 is 5.17. The molecule has 1 aliphatic heterocycles. The lowest BCUT2D eigenvalue weighted by Crippen LogP contribution is -2.45. The fraction of sp³-hybridized carbons (Fsp3) is 0.438. The number of carbonyl (C=O) groups is 2. The molecule has 2 N–H and O–H groups in total. The van der Waals surface area contributed by atoms with Crippen molar-refractivity contribution in [1.82, 2.24) is 5.32 Å². The molecule has 1 aromatic rings. The minimum absolute atomic E-state index is 0.283. The second kappa shape index (κ2) is 6.06. The second-order valence-electron chi connectivity index (χ2n) is 6.21. The Morgan fingerprint density at radius 3 is 2.82 bits per heavy atom. The van der Waals surface area contributed by atoms with Gasteiger partial charge >= 0.3 is 6.09 Å². The van der Waals surface area contributed by atoms with Gasteiger partial charge in [-0.05, 0) is 57.4 Å². The smallest absolute Gasteiger partial charge is 0.408 e. The molecule has 1 aliphatic rings. The molecule has 22 heavy (non-hydrogen) atoms. The van der Waals surface area contributed by atoms with Gasteiger partial charge in [-0.1, -0.05) is 0 Å². The zero-order chi connectivity index (χ0) is 16.3. The number of nitriles is 1. The monoisotopic (exact) mass is 301 g/mol. The molecule has 0 bridgehead atoms. The third-order valence-corrected chi connectivity index (χ3v) is 3.20. The first-order valence-electron chi connectivity index (χ1n) is 7.12. The summed E-state index contributed by atoms with van der Waals surface area (Å²) in [5.41, 5.74) is 1.50. The summed E-state index contributed by atoms with van der Waals surface area (Å²) in [6.45, 7) is 5.29. The molecule has 2 rings (SSSR count). The molecule has 0 aromatic heterocycles. The minimum atomic E-state index is -0.659. The SMILES string of the molecule is CC(C)(C)OC(=O)NC1CCc2cc(C#N)ccc2NC1=O. The van der Waals surface area contributed by atoms with Crippen molar-refractivity contribution in [3.05, 3.63) is 29.3 Å². The molecule has 0 radical (unpaired) electrons. The number of aryl methyl sites for hydroxylation is 1. The van der Waals surface area contributed by atoms with Gasteiger partial charge in [-0.25, -0.2) is 4.79 Å². The summed E-state index contributed by atoms with van der Waals surface area (Å²) in [7, 11) is 0. The number of rotatable bonds is 1. The van der Waals surface area contributed by atoms with Crippen molar-refractivity contribution < 1.29 is 14.3 Å². The number of ether oxygens (including phenoxy) is 1. The van der Waals surface area contributed by atoms with Crippen LogP contribution in [0.1, 0.15) is 38.3 Å². The number of alkyl carbamates (subject to hydrolysis) is 1. The van der Waals surface area contributed by atoms with Gasteiger partial charge in [0.05, 0.1) is 11.6 Å². The molecule has 2 amide bonds. The van der Waals surface area contributed by atoms with Crippen LogP contribution in [0.5, 0.6) is 0 Å². The number of hydrogen-bond acceptors (Lipinski definition) is 4. The molecule has 1 unspecified atom stereocenters. The van der Waals surface area contributed by atoms with E-state index in [0.29, 0.717) is 24.1 Å². The molecule has 6 heteroatoms. The minimum Gasteiger partial charge on any atom is -0.444 e. The van der Waals surface area contributed by atoms with Crippen LogP contribution in [0.2, 0.25) is 0 Å². The van der Waals surface area contributed by atoms with E-state index < -0.39 is 17.7 Å². The van der Waals surface area contributed by atoms with Crippen molar-refractivity contribution >= 4 is 17.7 Å². The average molecular weight is 301 g/mol. The van der Waals surface area contributed by atoms with Crippen LogP contribution in [0.3, 0.4) is 0 Å². The van der Waals surface area contributed by atoms with Gasteiger partial charge < -0.3 is 15.4 Å². The van der Waals surface area contributed by atoms with Crippen molar-refractivity contribution in [2.75, 3.05) is 5.32 Å². The lowest BCUT2D eigenvalue weighted by molar-refractivity contribution is -0.118. The number of carbonyl (C=O) groups excluding carboxylic acids is 2. The third kappa shape index (κ3) is 3.98. The summed E-state index contributed by atoms with van der Waals surface area (Å²) in [5, 5.41) is 14.3. The van der Waals surface area contributed by atoms with Gasteiger partial charge in [0.15, 0.2) is 0 Å². The van der Waals surface area contributed by atoms with Crippen molar-refractivity contribution in [2.45, 2.75) is 45.3 Å². The van der Waals surface area contributed by atoms with Gasteiger partial charge in [0.1, 0.15) is 11.6 Å². The topological polar surface area (TPSA) is 91.2 Å².